The van der Waals surface area contributed by atoms with Gasteiger partial charge in [-0.05, 0) is 122 Å². The molecule has 0 spiro atoms. The number of alkyl halides is 2. The average Bonchev–Trinajstić information content (AvgIpc) is 2.99. The third-order valence-electron chi connectivity index (χ3n) is 8.28. The van der Waals surface area contributed by atoms with Crippen molar-refractivity contribution in [3.63, 3.8) is 0 Å². The van der Waals surface area contributed by atoms with Crippen molar-refractivity contribution in [3.05, 3.63) is 125 Å². The standard InChI is InChI=1S/C36H31F7O/c1-2-3-4-5-22-6-8-24(9-7-22)27-20-33(40)35(34(41)21-27)36(42,43)44-28-14-10-23(11-15-28)25-12-16-29(31(38)18-25)26-13-17-30(37)32(39)19-26/h2-3,10-22,24H,4-9H2,1H3/b3-2+. The maximum Gasteiger partial charge on any atom is 0.432 e. The Morgan fingerprint density at radius 2 is 1.30 bits per heavy atom. The molecule has 0 heterocycles. The highest BCUT2D eigenvalue weighted by Gasteiger charge is 2.41. The minimum Gasteiger partial charge on any atom is -0.429 e. The summed E-state index contributed by atoms with van der Waals surface area (Å²) in [5, 5.41) is 0. The fourth-order valence-corrected chi connectivity index (χ4v) is 5.90. The van der Waals surface area contributed by atoms with Crippen LogP contribution in [0.3, 0.4) is 0 Å². The Kier molecular flexibility index (Phi) is 9.47. The lowest BCUT2D eigenvalue weighted by Gasteiger charge is -2.29. The first-order chi connectivity index (χ1) is 21.1. The van der Waals surface area contributed by atoms with Gasteiger partial charge in [-0.3, -0.25) is 0 Å². The van der Waals surface area contributed by atoms with E-state index in [0.29, 0.717) is 22.6 Å². The van der Waals surface area contributed by atoms with Crippen LogP contribution in [0.25, 0.3) is 22.3 Å². The third-order valence-corrected chi connectivity index (χ3v) is 8.28. The lowest BCUT2D eigenvalue weighted by molar-refractivity contribution is -0.189. The molecule has 1 saturated carbocycles. The van der Waals surface area contributed by atoms with Gasteiger partial charge in [-0.15, -0.1) is 0 Å². The number of hydrogen-bond acceptors (Lipinski definition) is 1. The second kappa shape index (κ2) is 13.3. The highest BCUT2D eigenvalue weighted by atomic mass is 19.3. The highest BCUT2D eigenvalue weighted by molar-refractivity contribution is 5.71. The molecule has 0 aliphatic heterocycles. The maximum atomic E-state index is 15.1. The zero-order valence-electron chi connectivity index (χ0n) is 24.0. The lowest BCUT2D eigenvalue weighted by atomic mass is 9.77. The van der Waals surface area contributed by atoms with Crippen LogP contribution in [0, 0.1) is 35.0 Å². The summed E-state index contributed by atoms with van der Waals surface area (Å²) in [6, 6.07) is 14.3. The molecule has 44 heavy (non-hydrogen) atoms. The van der Waals surface area contributed by atoms with Gasteiger partial charge >= 0.3 is 6.11 Å². The number of rotatable bonds is 9. The van der Waals surface area contributed by atoms with Crippen molar-refractivity contribution in [1.29, 1.82) is 0 Å². The predicted octanol–water partition coefficient (Wildman–Crippen LogP) is 11.5. The number of hydrogen-bond donors (Lipinski definition) is 0. The molecule has 0 bridgehead atoms. The summed E-state index contributed by atoms with van der Waals surface area (Å²) < 4.78 is 107. The Morgan fingerprint density at radius 1 is 0.682 bits per heavy atom. The number of halogens is 7. The summed E-state index contributed by atoms with van der Waals surface area (Å²) in [4.78, 5) is 0. The van der Waals surface area contributed by atoms with Gasteiger partial charge in [-0.25, -0.2) is 22.0 Å². The molecule has 5 rings (SSSR count). The quantitative estimate of drug-likeness (QED) is 0.135. The smallest absolute Gasteiger partial charge is 0.429 e. The molecular weight excluding hydrogens is 581 g/mol. The van der Waals surface area contributed by atoms with Crippen LogP contribution in [0.4, 0.5) is 30.7 Å². The second-order valence-corrected chi connectivity index (χ2v) is 11.2. The molecule has 230 valence electrons. The largest absolute Gasteiger partial charge is 0.432 e. The Bertz CT molecular complexity index is 1610. The molecule has 1 aliphatic carbocycles. The van der Waals surface area contributed by atoms with E-state index in [1.807, 2.05) is 13.0 Å². The van der Waals surface area contributed by atoms with E-state index in [0.717, 1.165) is 62.8 Å². The Balaban J connectivity index is 1.27. The Morgan fingerprint density at radius 3 is 1.91 bits per heavy atom. The van der Waals surface area contributed by atoms with Crippen LogP contribution in [-0.4, -0.2) is 0 Å². The monoisotopic (exact) mass is 612 g/mol. The van der Waals surface area contributed by atoms with Crippen molar-refractivity contribution in [1.82, 2.24) is 0 Å². The molecule has 0 N–H and O–H groups in total. The van der Waals surface area contributed by atoms with Gasteiger partial charge in [0.1, 0.15) is 28.8 Å². The van der Waals surface area contributed by atoms with Gasteiger partial charge < -0.3 is 4.74 Å². The molecule has 0 radical (unpaired) electrons. The number of allylic oxidation sites excluding steroid dienone is 2. The third kappa shape index (κ3) is 7.01. The summed E-state index contributed by atoms with van der Waals surface area (Å²) in [6.45, 7) is 1.98. The van der Waals surface area contributed by atoms with Crippen LogP contribution < -0.4 is 4.74 Å². The van der Waals surface area contributed by atoms with Crippen molar-refractivity contribution < 1.29 is 35.5 Å². The first-order valence-electron chi connectivity index (χ1n) is 14.6. The first-order valence-corrected chi connectivity index (χ1v) is 14.6. The van der Waals surface area contributed by atoms with Gasteiger partial charge in [0.05, 0.1) is 0 Å². The molecule has 0 amide bonds. The minimum atomic E-state index is -4.29. The average molecular weight is 613 g/mol. The minimum absolute atomic E-state index is 0.0510. The van der Waals surface area contributed by atoms with E-state index in [-0.39, 0.29) is 22.8 Å². The summed E-state index contributed by atoms with van der Waals surface area (Å²) in [5.41, 5.74) is -0.0651. The fraction of sp³-hybridized carbons (Fsp3) is 0.278. The van der Waals surface area contributed by atoms with Gasteiger partial charge in [-0.1, -0.05) is 42.5 Å². The van der Waals surface area contributed by atoms with E-state index in [9.17, 15) is 22.0 Å². The molecule has 1 fully saturated rings. The first kappa shape index (κ1) is 31.4. The molecule has 4 aromatic rings. The van der Waals surface area contributed by atoms with E-state index < -0.39 is 40.8 Å². The molecule has 1 aliphatic rings. The van der Waals surface area contributed by atoms with E-state index in [1.54, 1.807) is 0 Å². The Hall–Kier alpha value is -4.07. The van der Waals surface area contributed by atoms with Crippen LogP contribution in [-0.2, 0) is 6.11 Å². The summed E-state index contributed by atoms with van der Waals surface area (Å²) in [7, 11) is 0. The van der Waals surface area contributed by atoms with Crippen molar-refractivity contribution in [2.45, 2.75) is 57.5 Å². The van der Waals surface area contributed by atoms with E-state index in [4.69, 9.17) is 4.74 Å². The molecule has 8 heteroatoms. The summed E-state index contributed by atoms with van der Waals surface area (Å²) in [5.74, 6) is -5.49. The Labute approximate surface area is 252 Å². The molecular formula is C36H31F7O. The van der Waals surface area contributed by atoms with Gasteiger partial charge in [-0.2, -0.15) is 8.78 Å². The topological polar surface area (TPSA) is 9.23 Å². The van der Waals surface area contributed by atoms with Gasteiger partial charge in [0, 0.05) is 5.56 Å². The van der Waals surface area contributed by atoms with Crippen LogP contribution in [0.1, 0.15) is 62.5 Å². The van der Waals surface area contributed by atoms with Gasteiger partial charge in [0.2, 0.25) is 0 Å². The zero-order valence-corrected chi connectivity index (χ0v) is 24.0. The number of benzene rings is 4. The van der Waals surface area contributed by atoms with Gasteiger partial charge in [0.15, 0.2) is 11.6 Å². The molecule has 0 aromatic heterocycles. The SMILES string of the molecule is C/C=C/CCC1CCC(c2cc(F)c(C(F)(F)Oc3ccc(-c4ccc(-c5ccc(F)c(F)c5)c(F)c4)cc3)c(F)c2)CC1. The van der Waals surface area contributed by atoms with Crippen molar-refractivity contribution >= 4 is 0 Å². The highest BCUT2D eigenvalue weighted by Crippen LogP contribution is 2.41. The van der Waals surface area contributed by atoms with Crippen LogP contribution in [0.5, 0.6) is 5.75 Å². The van der Waals surface area contributed by atoms with Crippen LogP contribution in [0.15, 0.2) is 84.9 Å². The lowest BCUT2D eigenvalue weighted by Crippen LogP contribution is -2.25. The van der Waals surface area contributed by atoms with E-state index in [1.165, 1.54) is 48.5 Å². The summed E-state index contributed by atoms with van der Waals surface area (Å²) >= 11 is 0. The molecule has 0 saturated heterocycles. The molecule has 0 atom stereocenters. The fourth-order valence-electron chi connectivity index (χ4n) is 5.90. The van der Waals surface area contributed by atoms with E-state index >= 15 is 8.78 Å². The predicted molar refractivity (Wildman–Crippen MR) is 157 cm³/mol. The molecule has 4 aromatic carbocycles. The van der Waals surface area contributed by atoms with E-state index in [2.05, 4.69) is 6.08 Å². The molecule has 0 unspecified atom stereocenters. The van der Waals surface area contributed by atoms with Crippen LogP contribution >= 0.6 is 0 Å². The van der Waals surface area contributed by atoms with Crippen molar-refractivity contribution in [2.75, 3.05) is 0 Å². The van der Waals surface area contributed by atoms with Crippen LogP contribution in [0.2, 0.25) is 0 Å². The second-order valence-electron chi connectivity index (χ2n) is 11.2. The number of ether oxygens (including phenoxy) is 1. The maximum absolute atomic E-state index is 15.1. The zero-order chi connectivity index (χ0) is 31.4. The summed E-state index contributed by atoms with van der Waals surface area (Å²) in [6.07, 6.45) is 5.23. The van der Waals surface area contributed by atoms with Crippen molar-refractivity contribution in [2.24, 2.45) is 5.92 Å². The van der Waals surface area contributed by atoms with Crippen molar-refractivity contribution in [3.8, 4) is 28.0 Å². The van der Waals surface area contributed by atoms with Gasteiger partial charge in [0.25, 0.3) is 0 Å². The normalized spacial score (nSPS) is 17.3. The molecule has 1 nitrogen and oxygen atoms in total.